The van der Waals surface area contributed by atoms with Gasteiger partial charge in [0.05, 0.1) is 60.5 Å². The van der Waals surface area contributed by atoms with Crippen molar-refractivity contribution in [3.8, 4) is 0 Å². The molecule has 9 rings (SSSR count). The molecule has 416 valence electrons. The zero-order valence-corrected chi connectivity index (χ0v) is 45.1. The normalized spacial score (nSPS) is 48.4. The van der Waals surface area contributed by atoms with Gasteiger partial charge in [0.1, 0.15) is 47.5 Å². The number of ketones is 1. The molecule has 0 unspecified atom stereocenters. The summed E-state index contributed by atoms with van der Waals surface area (Å²) in [6.45, 7) is 13.1. The lowest BCUT2D eigenvalue weighted by molar-refractivity contribution is -0.347. The highest BCUT2D eigenvalue weighted by Gasteiger charge is 2.77. The number of nitrogens with zero attached hydrogens (tertiary/aromatic N) is 1. The summed E-state index contributed by atoms with van der Waals surface area (Å²) in [6, 6.07) is 3.30. The summed E-state index contributed by atoms with van der Waals surface area (Å²) in [5.41, 5.74) is -3.60. The molecule has 0 radical (unpaired) electrons. The third-order valence-corrected chi connectivity index (χ3v) is 19.0. The summed E-state index contributed by atoms with van der Waals surface area (Å²) < 4.78 is 81.7. The van der Waals surface area contributed by atoms with Crippen LogP contribution in [0.1, 0.15) is 129 Å². The summed E-state index contributed by atoms with van der Waals surface area (Å²) in [6.07, 6.45) is 0.691. The molecule has 0 aromatic carbocycles. The van der Waals surface area contributed by atoms with Gasteiger partial charge >= 0.3 is 5.97 Å². The second-order valence-corrected chi connectivity index (χ2v) is 23.0. The molecule has 4 aliphatic heterocycles. The number of Topliss-reactive ketones (excluding diaryl/α,β-unsaturated/α-hetero) is 1. The lowest BCUT2D eigenvalue weighted by atomic mass is 9.43. The van der Waals surface area contributed by atoms with Crippen LogP contribution in [0.5, 0.6) is 0 Å². The summed E-state index contributed by atoms with van der Waals surface area (Å²) in [5.74, 6) is -1.73. The first-order valence-electron chi connectivity index (χ1n) is 27.0. The predicted molar refractivity (Wildman–Crippen MR) is 262 cm³/mol. The largest absolute Gasteiger partial charge is 0.458 e. The quantitative estimate of drug-likeness (QED) is 0.153. The number of rotatable bonds is 15. The van der Waals surface area contributed by atoms with Gasteiger partial charge in [0.25, 0.3) is 0 Å². The van der Waals surface area contributed by atoms with E-state index in [-0.39, 0.29) is 48.9 Å². The highest BCUT2D eigenvalue weighted by Crippen LogP contribution is 2.70. The Labute approximate surface area is 435 Å². The van der Waals surface area contributed by atoms with Crippen LogP contribution >= 0.6 is 0 Å². The van der Waals surface area contributed by atoms with Crippen molar-refractivity contribution < 1.29 is 86.5 Å². The fourth-order valence-corrected chi connectivity index (χ4v) is 14.8. The smallest absolute Gasteiger partial charge is 0.339 e. The van der Waals surface area contributed by atoms with Crippen molar-refractivity contribution in [2.24, 2.45) is 22.7 Å². The van der Waals surface area contributed by atoms with E-state index in [9.17, 15) is 24.9 Å². The molecule has 4 saturated heterocycles. The molecular weight excluding hydrogens is 963 g/mol. The fourth-order valence-electron chi connectivity index (χ4n) is 14.8. The van der Waals surface area contributed by atoms with Gasteiger partial charge in [-0.15, -0.1) is 0 Å². The third-order valence-electron chi connectivity index (χ3n) is 19.0. The molecule has 0 spiro atoms. The maximum absolute atomic E-state index is 13.7. The Morgan fingerprint density at radius 3 is 1.70 bits per heavy atom. The highest BCUT2D eigenvalue weighted by molar-refractivity contribution is 5.89. The number of fused-ring (bicyclic) bond motifs is 5. The minimum absolute atomic E-state index is 0.0946. The Bertz CT molecular complexity index is 2140. The Balaban J connectivity index is 0.803. The molecule has 4 aliphatic carbocycles. The van der Waals surface area contributed by atoms with Gasteiger partial charge in [-0.2, -0.15) is 0 Å². The standard InChI is InChI=1S/C55H83NO18/c1-28(57)36-16-19-55(61)53(36,7)42(71-51(59)33-13-12-20-56-27-33)26-41-52(6)17-15-35(21-34(52)14-18-54(41,55)60)70-43-23-38(63-9)48(30(3)67-43)73-45-25-40(65-11)50(32(5)69-45)74-46-24-39(64-10)49(31(4)68-46)72-44-22-37(62-8)47(58)29(2)66-44/h12-14,20,27,29-32,35-50,58,60-61H,15-19,21-26H2,1-11H3/t29-,30+,31+,32+,35-,36-,37+,38-,39+,40-,41+,42+,43-,44-,45-,46-,47-,48+,49+,50+,52-,53-,54-,55+/m0/s1. The van der Waals surface area contributed by atoms with E-state index in [1.165, 1.54) is 13.1 Å². The first kappa shape index (κ1) is 56.2. The molecule has 1 aromatic heterocycles. The van der Waals surface area contributed by atoms with E-state index >= 15 is 0 Å². The van der Waals surface area contributed by atoms with Gasteiger partial charge in [-0.3, -0.25) is 9.78 Å². The lowest BCUT2D eigenvalue weighted by Crippen LogP contribution is -2.75. The highest BCUT2D eigenvalue weighted by atomic mass is 16.8. The average molecular weight is 1050 g/mol. The first-order chi connectivity index (χ1) is 35.2. The molecule has 0 bridgehead atoms. The number of aliphatic hydroxyl groups is 3. The van der Waals surface area contributed by atoms with Crippen molar-refractivity contribution in [1.29, 1.82) is 0 Å². The van der Waals surface area contributed by atoms with E-state index in [2.05, 4.69) is 18.0 Å². The molecule has 0 amide bonds. The fraction of sp³-hybridized carbons (Fsp3) is 0.836. The van der Waals surface area contributed by atoms with Crippen LogP contribution in [0.15, 0.2) is 36.2 Å². The molecule has 74 heavy (non-hydrogen) atoms. The molecule has 8 aliphatic rings. The maximum atomic E-state index is 13.7. The summed E-state index contributed by atoms with van der Waals surface area (Å²) in [7, 11) is 6.51. The number of methoxy groups -OCH3 is 4. The zero-order valence-electron chi connectivity index (χ0n) is 45.1. The van der Waals surface area contributed by atoms with E-state index in [1.54, 1.807) is 53.7 Å². The van der Waals surface area contributed by atoms with Crippen LogP contribution in [0, 0.1) is 22.7 Å². The van der Waals surface area contributed by atoms with Crippen LogP contribution < -0.4 is 0 Å². The van der Waals surface area contributed by atoms with E-state index in [1.807, 2.05) is 27.7 Å². The van der Waals surface area contributed by atoms with Crippen LogP contribution in [0.2, 0.25) is 0 Å². The molecule has 24 atom stereocenters. The first-order valence-corrected chi connectivity index (χ1v) is 27.0. The Kier molecular flexibility index (Phi) is 16.9. The van der Waals surface area contributed by atoms with Crippen LogP contribution in [0.25, 0.3) is 0 Å². The molecule has 7 fully saturated rings. The summed E-state index contributed by atoms with van der Waals surface area (Å²) in [5, 5.41) is 36.3. The number of esters is 1. The van der Waals surface area contributed by atoms with Gasteiger partial charge in [0.2, 0.25) is 0 Å². The molecule has 19 heteroatoms. The number of pyridine rings is 1. The SMILES string of the molecule is CO[C@H]1C[C@H](O[C@H]2CC[C@@]3(C)C(=CC[C@]4(O)[C@@H]3C[C@@H](OC(=O)c3cccnc3)[C@]3(C)[C@H](C(C)=O)CC[C@@]34O)C2)O[C@H](C)[C@H]1O[C@H]1C[C@H](OC)[C@H](O[C@H]2C[C@@H](OC)[C@H](O[C@H]3C[C@@H](OC)[C@@H](O)[C@H](C)O3)[C@@H](C)O2)[C@@H](C)O1. The average Bonchev–Trinajstić information content (AvgIpc) is 3.77. The lowest BCUT2D eigenvalue weighted by Gasteiger charge is -2.66. The van der Waals surface area contributed by atoms with Crippen LogP contribution in [-0.2, 0) is 66.4 Å². The van der Waals surface area contributed by atoms with E-state index in [0.29, 0.717) is 51.4 Å². The van der Waals surface area contributed by atoms with Gasteiger partial charge < -0.3 is 76.9 Å². The number of aromatic nitrogens is 1. The number of carbonyl (C=O) groups is 2. The predicted octanol–water partition coefficient (Wildman–Crippen LogP) is 5.12. The molecule has 5 heterocycles. The van der Waals surface area contributed by atoms with Crippen LogP contribution in [0.4, 0.5) is 0 Å². The number of ether oxygens (including phenoxy) is 13. The number of hydrogen-bond donors (Lipinski definition) is 3. The van der Waals surface area contributed by atoms with E-state index < -0.39 is 132 Å². The number of carbonyl (C=O) groups excluding carboxylic acids is 2. The van der Waals surface area contributed by atoms with E-state index in [0.717, 1.165) is 5.57 Å². The summed E-state index contributed by atoms with van der Waals surface area (Å²) in [4.78, 5) is 31.0. The molecule has 19 nitrogen and oxygen atoms in total. The number of hydrogen-bond acceptors (Lipinski definition) is 19. The third kappa shape index (κ3) is 10.1. The zero-order chi connectivity index (χ0) is 53.1. The van der Waals surface area contributed by atoms with Crippen molar-refractivity contribution in [3.05, 3.63) is 41.7 Å². The van der Waals surface area contributed by atoms with Gasteiger partial charge in [0, 0.05) is 83.8 Å². The van der Waals surface area contributed by atoms with Crippen molar-refractivity contribution in [3.63, 3.8) is 0 Å². The van der Waals surface area contributed by atoms with Crippen molar-refractivity contribution in [2.45, 2.75) is 241 Å². The Morgan fingerprint density at radius 1 is 0.689 bits per heavy atom. The molecule has 3 N–H and O–H groups in total. The Morgan fingerprint density at radius 2 is 1.20 bits per heavy atom. The number of aliphatic hydroxyl groups excluding tert-OH is 1. The van der Waals surface area contributed by atoms with Crippen LogP contribution in [-0.4, -0.2) is 182 Å². The van der Waals surface area contributed by atoms with Gasteiger partial charge in [-0.05, 0) is 97.1 Å². The molecular formula is C55H83NO18. The van der Waals surface area contributed by atoms with Gasteiger partial charge in [0.15, 0.2) is 25.2 Å². The molecule has 1 aromatic rings. The van der Waals surface area contributed by atoms with Crippen molar-refractivity contribution in [2.75, 3.05) is 28.4 Å². The van der Waals surface area contributed by atoms with Crippen LogP contribution in [0.3, 0.4) is 0 Å². The van der Waals surface area contributed by atoms with Crippen molar-refractivity contribution >= 4 is 11.8 Å². The second-order valence-electron chi connectivity index (χ2n) is 23.0. The van der Waals surface area contributed by atoms with Crippen molar-refractivity contribution in [1.82, 2.24) is 4.98 Å². The monoisotopic (exact) mass is 1050 g/mol. The topological polar surface area (TPSA) is 228 Å². The van der Waals surface area contributed by atoms with Gasteiger partial charge in [-0.1, -0.05) is 25.5 Å². The van der Waals surface area contributed by atoms with E-state index in [4.69, 9.17) is 61.6 Å². The maximum Gasteiger partial charge on any atom is 0.339 e. The minimum atomic E-state index is -1.69. The second kappa shape index (κ2) is 22.3. The Hall–Kier alpha value is -2.57. The van der Waals surface area contributed by atoms with Gasteiger partial charge in [-0.25, -0.2) is 4.79 Å². The summed E-state index contributed by atoms with van der Waals surface area (Å²) >= 11 is 0. The minimum Gasteiger partial charge on any atom is -0.458 e. The molecule has 3 saturated carbocycles.